The standard InChI is InChI=1S/C18H30N4O4/c1-11(2)10-13(18(26)22-9-4-6-14(22)16(19)24)20-17(25)15-7-5-8-21(15)12(3)23/h11,13-15H,4-10H2,1-3H3,(H2,19,24)(H,20,25)/t13-,14-,15-/m0/s1. The first kappa shape index (κ1) is 20.2. The number of carbonyl (C=O) groups excluding carboxylic acids is 4. The van der Waals surface area contributed by atoms with Crippen molar-refractivity contribution in [2.45, 2.75) is 71.0 Å². The number of amides is 4. The van der Waals surface area contributed by atoms with Gasteiger partial charge in [0.2, 0.25) is 23.6 Å². The van der Waals surface area contributed by atoms with Gasteiger partial charge in [0.25, 0.3) is 0 Å². The molecule has 2 saturated heterocycles. The van der Waals surface area contributed by atoms with Gasteiger partial charge in [0, 0.05) is 20.0 Å². The average Bonchev–Trinajstić information content (AvgIpc) is 3.21. The second-order valence-electron chi connectivity index (χ2n) is 7.65. The summed E-state index contributed by atoms with van der Waals surface area (Å²) in [6.07, 6.45) is 3.13. The van der Waals surface area contributed by atoms with Gasteiger partial charge in [-0.2, -0.15) is 0 Å². The van der Waals surface area contributed by atoms with Crippen LogP contribution in [0.1, 0.15) is 52.9 Å². The third-order valence-corrected chi connectivity index (χ3v) is 5.15. The van der Waals surface area contributed by atoms with Crippen molar-refractivity contribution < 1.29 is 19.2 Å². The maximum absolute atomic E-state index is 13.0. The van der Waals surface area contributed by atoms with E-state index in [0.29, 0.717) is 32.4 Å². The van der Waals surface area contributed by atoms with Gasteiger partial charge in [-0.05, 0) is 38.0 Å². The lowest BCUT2D eigenvalue weighted by Crippen LogP contribution is -2.56. The first-order valence-corrected chi connectivity index (χ1v) is 9.39. The van der Waals surface area contributed by atoms with Crippen molar-refractivity contribution in [3.8, 4) is 0 Å². The van der Waals surface area contributed by atoms with Crippen molar-refractivity contribution in [1.29, 1.82) is 0 Å². The van der Waals surface area contributed by atoms with Gasteiger partial charge in [-0.3, -0.25) is 19.2 Å². The molecule has 0 aromatic rings. The fourth-order valence-corrected chi connectivity index (χ4v) is 3.90. The smallest absolute Gasteiger partial charge is 0.245 e. The van der Waals surface area contributed by atoms with Crippen LogP contribution in [-0.4, -0.2) is 64.6 Å². The summed E-state index contributed by atoms with van der Waals surface area (Å²) in [7, 11) is 0. The summed E-state index contributed by atoms with van der Waals surface area (Å²) in [5.74, 6) is -1.02. The number of primary amides is 1. The number of nitrogens with two attached hydrogens (primary N) is 1. The Labute approximate surface area is 154 Å². The fourth-order valence-electron chi connectivity index (χ4n) is 3.90. The van der Waals surface area contributed by atoms with Gasteiger partial charge in [-0.1, -0.05) is 13.8 Å². The predicted octanol–water partition coefficient (Wildman–Crippen LogP) is 0.00450. The number of nitrogens with zero attached hydrogens (tertiary/aromatic N) is 2. The molecule has 8 nitrogen and oxygen atoms in total. The molecule has 0 saturated carbocycles. The van der Waals surface area contributed by atoms with Crippen LogP contribution < -0.4 is 11.1 Å². The lowest BCUT2D eigenvalue weighted by atomic mass is 10.0. The molecule has 8 heteroatoms. The van der Waals surface area contributed by atoms with Crippen LogP contribution in [0.3, 0.4) is 0 Å². The van der Waals surface area contributed by atoms with Crippen LogP contribution in [0.5, 0.6) is 0 Å². The first-order chi connectivity index (χ1) is 12.2. The van der Waals surface area contributed by atoms with Crippen LogP contribution in [0.25, 0.3) is 0 Å². The second kappa shape index (κ2) is 8.51. The van der Waals surface area contributed by atoms with Crippen molar-refractivity contribution in [3.05, 3.63) is 0 Å². The Morgan fingerprint density at radius 3 is 2.15 bits per heavy atom. The number of likely N-dealkylation sites (tertiary alicyclic amines) is 2. The normalized spacial score (nSPS) is 24.0. The lowest BCUT2D eigenvalue weighted by Gasteiger charge is -2.30. The zero-order chi connectivity index (χ0) is 19.4. The highest BCUT2D eigenvalue weighted by molar-refractivity contribution is 5.94. The third kappa shape index (κ3) is 4.53. The maximum atomic E-state index is 13.0. The number of hydrogen-bond donors (Lipinski definition) is 2. The van der Waals surface area contributed by atoms with E-state index in [2.05, 4.69) is 5.32 Å². The van der Waals surface area contributed by atoms with Crippen LogP contribution >= 0.6 is 0 Å². The van der Waals surface area contributed by atoms with Crippen LogP contribution in [0.15, 0.2) is 0 Å². The van der Waals surface area contributed by atoms with E-state index >= 15 is 0 Å². The zero-order valence-electron chi connectivity index (χ0n) is 15.9. The predicted molar refractivity (Wildman–Crippen MR) is 95.7 cm³/mol. The van der Waals surface area contributed by atoms with Crippen molar-refractivity contribution in [3.63, 3.8) is 0 Å². The van der Waals surface area contributed by atoms with Gasteiger partial charge in [0.15, 0.2) is 0 Å². The molecule has 0 aromatic carbocycles. The van der Waals surface area contributed by atoms with E-state index < -0.39 is 24.0 Å². The van der Waals surface area contributed by atoms with Crippen LogP contribution in [0.4, 0.5) is 0 Å². The van der Waals surface area contributed by atoms with Gasteiger partial charge in [-0.25, -0.2) is 0 Å². The van der Waals surface area contributed by atoms with E-state index in [9.17, 15) is 19.2 Å². The zero-order valence-corrected chi connectivity index (χ0v) is 15.9. The molecule has 2 aliphatic heterocycles. The summed E-state index contributed by atoms with van der Waals surface area (Å²) in [5, 5.41) is 2.84. The minimum absolute atomic E-state index is 0.136. The maximum Gasteiger partial charge on any atom is 0.245 e. The van der Waals surface area contributed by atoms with Gasteiger partial charge < -0.3 is 20.9 Å². The Bertz CT molecular complexity index is 578. The van der Waals surface area contributed by atoms with Crippen molar-refractivity contribution in [1.82, 2.24) is 15.1 Å². The van der Waals surface area contributed by atoms with Crippen molar-refractivity contribution in [2.75, 3.05) is 13.1 Å². The molecule has 0 radical (unpaired) electrons. The second-order valence-corrected chi connectivity index (χ2v) is 7.65. The molecule has 2 fully saturated rings. The molecule has 0 unspecified atom stereocenters. The summed E-state index contributed by atoms with van der Waals surface area (Å²) in [5.41, 5.74) is 5.42. The third-order valence-electron chi connectivity index (χ3n) is 5.15. The highest BCUT2D eigenvalue weighted by Crippen LogP contribution is 2.21. The molecule has 146 valence electrons. The highest BCUT2D eigenvalue weighted by Gasteiger charge is 2.39. The molecule has 3 N–H and O–H groups in total. The Hall–Kier alpha value is -2.12. The summed E-state index contributed by atoms with van der Waals surface area (Å²) in [6.45, 7) is 6.43. The molecule has 0 aliphatic carbocycles. The van der Waals surface area contributed by atoms with Crippen molar-refractivity contribution >= 4 is 23.6 Å². The van der Waals surface area contributed by atoms with E-state index in [4.69, 9.17) is 5.73 Å². The SMILES string of the molecule is CC(=O)N1CCC[C@H]1C(=O)N[C@@H](CC(C)C)C(=O)N1CCC[C@H]1C(N)=O. The van der Waals surface area contributed by atoms with E-state index in [0.717, 1.165) is 12.8 Å². The van der Waals surface area contributed by atoms with Crippen LogP contribution in [0.2, 0.25) is 0 Å². The lowest BCUT2D eigenvalue weighted by molar-refractivity contribution is -0.142. The minimum atomic E-state index is -0.711. The Morgan fingerprint density at radius 2 is 1.62 bits per heavy atom. The topological polar surface area (TPSA) is 113 Å². The number of hydrogen-bond acceptors (Lipinski definition) is 4. The van der Waals surface area contributed by atoms with Crippen LogP contribution in [-0.2, 0) is 19.2 Å². The molecule has 2 aliphatic rings. The molecule has 2 heterocycles. The molecular weight excluding hydrogens is 336 g/mol. The number of carbonyl (C=O) groups is 4. The number of nitrogens with one attached hydrogen (secondary N) is 1. The molecule has 0 spiro atoms. The molecule has 3 atom stereocenters. The Morgan fingerprint density at radius 1 is 1.04 bits per heavy atom. The van der Waals surface area contributed by atoms with E-state index in [1.54, 1.807) is 4.90 Å². The monoisotopic (exact) mass is 366 g/mol. The van der Waals surface area contributed by atoms with E-state index in [1.165, 1.54) is 11.8 Å². The Balaban J connectivity index is 2.11. The first-order valence-electron chi connectivity index (χ1n) is 9.39. The van der Waals surface area contributed by atoms with Crippen molar-refractivity contribution in [2.24, 2.45) is 11.7 Å². The summed E-state index contributed by atoms with van der Waals surface area (Å²) in [6, 6.07) is -1.84. The van der Waals surface area contributed by atoms with Gasteiger partial charge >= 0.3 is 0 Å². The largest absolute Gasteiger partial charge is 0.368 e. The van der Waals surface area contributed by atoms with Gasteiger partial charge in [-0.15, -0.1) is 0 Å². The van der Waals surface area contributed by atoms with Crippen LogP contribution in [0, 0.1) is 5.92 Å². The molecule has 0 aromatic heterocycles. The average molecular weight is 366 g/mol. The molecule has 26 heavy (non-hydrogen) atoms. The van der Waals surface area contributed by atoms with E-state index in [-0.39, 0.29) is 23.6 Å². The highest BCUT2D eigenvalue weighted by atomic mass is 16.2. The fraction of sp³-hybridized carbons (Fsp3) is 0.778. The molecule has 0 bridgehead atoms. The van der Waals surface area contributed by atoms with E-state index in [1.807, 2.05) is 13.8 Å². The Kier molecular flexibility index (Phi) is 6.61. The van der Waals surface area contributed by atoms with Gasteiger partial charge in [0.1, 0.15) is 18.1 Å². The molecular formula is C18H30N4O4. The number of rotatable bonds is 6. The quantitative estimate of drug-likeness (QED) is 0.689. The van der Waals surface area contributed by atoms with Gasteiger partial charge in [0.05, 0.1) is 0 Å². The minimum Gasteiger partial charge on any atom is -0.368 e. The molecule has 4 amide bonds. The molecule has 2 rings (SSSR count). The summed E-state index contributed by atoms with van der Waals surface area (Å²) >= 11 is 0. The summed E-state index contributed by atoms with van der Waals surface area (Å²) < 4.78 is 0. The summed E-state index contributed by atoms with van der Waals surface area (Å²) in [4.78, 5) is 52.1.